The molecule has 68 valence electrons. The SMILES string of the molecule is Cl.NCc1ccc(CO)c(Cl)c1. The summed E-state index contributed by atoms with van der Waals surface area (Å²) in [5.41, 5.74) is 7.11. The molecule has 12 heavy (non-hydrogen) atoms. The van der Waals surface area contributed by atoms with Crippen LogP contribution in [0.25, 0.3) is 0 Å². The van der Waals surface area contributed by atoms with Crippen molar-refractivity contribution in [3.05, 3.63) is 34.3 Å². The quantitative estimate of drug-likeness (QED) is 0.777. The Morgan fingerprint density at radius 1 is 1.42 bits per heavy atom. The van der Waals surface area contributed by atoms with E-state index >= 15 is 0 Å². The van der Waals surface area contributed by atoms with Gasteiger partial charge >= 0.3 is 0 Å². The van der Waals surface area contributed by atoms with Crippen LogP contribution in [0.1, 0.15) is 11.1 Å². The summed E-state index contributed by atoms with van der Waals surface area (Å²) in [7, 11) is 0. The molecule has 0 spiro atoms. The lowest BCUT2D eigenvalue weighted by Crippen LogP contribution is -1.96. The molecule has 0 saturated carbocycles. The number of nitrogens with two attached hydrogens (primary N) is 1. The number of aliphatic hydroxyl groups excluding tert-OH is 1. The molecule has 0 radical (unpaired) electrons. The summed E-state index contributed by atoms with van der Waals surface area (Å²) in [6, 6.07) is 5.41. The molecule has 1 aromatic carbocycles. The lowest BCUT2D eigenvalue weighted by atomic mass is 10.1. The molecular weight excluding hydrogens is 197 g/mol. The highest BCUT2D eigenvalue weighted by Crippen LogP contribution is 2.17. The molecule has 3 N–H and O–H groups in total. The van der Waals surface area contributed by atoms with Crippen molar-refractivity contribution in [3.8, 4) is 0 Å². The van der Waals surface area contributed by atoms with Gasteiger partial charge in [-0.15, -0.1) is 12.4 Å². The minimum absolute atomic E-state index is 0. The van der Waals surface area contributed by atoms with Gasteiger partial charge in [0, 0.05) is 11.6 Å². The van der Waals surface area contributed by atoms with Crippen LogP contribution < -0.4 is 5.73 Å². The van der Waals surface area contributed by atoms with E-state index in [1.165, 1.54) is 0 Å². The fourth-order valence-electron chi connectivity index (χ4n) is 0.846. The lowest BCUT2D eigenvalue weighted by molar-refractivity contribution is 0.282. The first-order valence-corrected chi connectivity index (χ1v) is 3.74. The lowest BCUT2D eigenvalue weighted by Gasteiger charge is -2.01. The summed E-state index contributed by atoms with van der Waals surface area (Å²) in [5, 5.41) is 9.35. The molecule has 0 bridgehead atoms. The highest BCUT2D eigenvalue weighted by atomic mass is 35.5. The zero-order valence-corrected chi connectivity index (χ0v) is 8.03. The van der Waals surface area contributed by atoms with Gasteiger partial charge in [0.25, 0.3) is 0 Å². The number of hydrogen-bond acceptors (Lipinski definition) is 2. The molecule has 0 aromatic heterocycles. The normalized spacial score (nSPS) is 9.25. The largest absolute Gasteiger partial charge is 0.392 e. The van der Waals surface area contributed by atoms with Crippen LogP contribution in [-0.2, 0) is 13.2 Å². The Kier molecular flexibility index (Phi) is 5.25. The molecule has 0 fully saturated rings. The summed E-state index contributed by atoms with van der Waals surface area (Å²) in [5.74, 6) is 0. The van der Waals surface area contributed by atoms with E-state index in [9.17, 15) is 0 Å². The third kappa shape index (κ3) is 2.64. The molecule has 0 heterocycles. The van der Waals surface area contributed by atoms with E-state index in [4.69, 9.17) is 22.4 Å². The van der Waals surface area contributed by atoms with E-state index in [0.29, 0.717) is 11.6 Å². The van der Waals surface area contributed by atoms with Crippen LogP contribution in [0.15, 0.2) is 18.2 Å². The van der Waals surface area contributed by atoms with E-state index in [0.717, 1.165) is 11.1 Å². The molecular formula is C8H11Cl2NO. The molecule has 4 heteroatoms. The van der Waals surface area contributed by atoms with Gasteiger partial charge in [-0.05, 0) is 17.2 Å². The van der Waals surface area contributed by atoms with Crippen LogP contribution in [0.4, 0.5) is 0 Å². The van der Waals surface area contributed by atoms with Crippen molar-refractivity contribution in [2.24, 2.45) is 5.73 Å². The summed E-state index contributed by atoms with van der Waals surface area (Å²) in [6.45, 7) is 0.453. The van der Waals surface area contributed by atoms with Crippen LogP contribution in [0, 0.1) is 0 Å². The van der Waals surface area contributed by atoms with Crippen molar-refractivity contribution in [2.45, 2.75) is 13.2 Å². The third-order valence-corrected chi connectivity index (χ3v) is 1.88. The number of rotatable bonds is 2. The Morgan fingerprint density at radius 2 is 2.08 bits per heavy atom. The van der Waals surface area contributed by atoms with Crippen molar-refractivity contribution in [2.75, 3.05) is 0 Å². The average Bonchev–Trinajstić information content (AvgIpc) is 2.04. The molecule has 0 aliphatic rings. The summed E-state index contributed by atoms with van der Waals surface area (Å²) in [6.07, 6.45) is 0. The van der Waals surface area contributed by atoms with Gasteiger partial charge in [0.15, 0.2) is 0 Å². The predicted molar refractivity (Wildman–Crippen MR) is 52.5 cm³/mol. The topological polar surface area (TPSA) is 46.2 Å². The zero-order chi connectivity index (χ0) is 8.27. The fourth-order valence-corrected chi connectivity index (χ4v) is 1.11. The Balaban J connectivity index is 0.00000121. The number of halogens is 2. The van der Waals surface area contributed by atoms with E-state index < -0.39 is 0 Å². The standard InChI is InChI=1S/C8H10ClNO.ClH/c9-8-3-6(4-10)1-2-7(8)5-11;/h1-3,11H,4-5,10H2;1H. The Morgan fingerprint density at radius 3 is 2.50 bits per heavy atom. The van der Waals surface area contributed by atoms with E-state index in [1.807, 2.05) is 6.07 Å². The van der Waals surface area contributed by atoms with Gasteiger partial charge in [-0.3, -0.25) is 0 Å². The predicted octanol–water partition coefficient (Wildman–Crippen LogP) is 1.71. The first-order valence-electron chi connectivity index (χ1n) is 3.36. The maximum Gasteiger partial charge on any atom is 0.0696 e. The first-order chi connectivity index (χ1) is 5.27. The molecule has 0 aliphatic heterocycles. The van der Waals surface area contributed by atoms with Crippen LogP contribution in [0.5, 0.6) is 0 Å². The summed E-state index contributed by atoms with van der Waals surface area (Å²) >= 11 is 5.79. The van der Waals surface area contributed by atoms with Gasteiger partial charge in [-0.2, -0.15) is 0 Å². The summed E-state index contributed by atoms with van der Waals surface area (Å²) in [4.78, 5) is 0. The molecule has 1 aromatic rings. The molecule has 0 atom stereocenters. The second-order valence-electron chi connectivity index (χ2n) is 2.29. The number of aliphatic hydroxyl groups is 1. The van der Waals surface area contributed by atoms with Crippen molar-refractivity contribution >= 4 is 24.0 Å². The molecule has 0 unspecified atom stereocenters. The zero-order valence-electron chi connectivity index (χ0n) is 6.46. The minimum atomic E-state index is -0.0241. The molecule has 0 saturated heterocycles. The number of benzene rings is 1. The molecule has 0 amide bonds. The first kappa shape index (κ1) is 11.7. The van der Waals surface area contributed by atoms with Gasteiger partial charge in [-0.1, -0.05) is 23.7 Å². The van der Waals surface area contributed by atoms with Gasteiger partial charge in [0.05, 0.1) is 6.61 Å². The maximum atomic E-state index is 8.77. The smallest absolute Gasteiger partial charge is 0.0696 e. The van der Waals surface area contributed by atoms with Crippen molar-refractivity contribution in [3.63, 3.8) is 0 Å². The Hall–Kier alpha value is -0.280. The van der Waals surface area contributed by atoms with Gasteiger partial charge in [0.1, 0.15) is 0 Å². The van der Waals surface area contributed by atoms with Crippen LogP contribution in [-0.4, -0.2) is 5.11 Å². The second-order valence-corrected chi connectivity index (χ2v) is 2.70. The Labute approximate surface area is 82.8 Å². The van der Waals surface area contributed by atoms with Crippen molar-refractivity contribution in [1.29, 1.82) is 0 Å². The molecule has 0 aliphatic carbocycles. The van der Waals surface area contributed by atoms with Crippen molar-refractivity contribution in [1.82, 2.24) is 0 Å². The monoisotopic (exact) mass is 207 g/mol. The van der Waals surface area contributed by atoms with Gasteiger partial charge in [0.2, 0.25) is 0 Å². The fraction of sp³-hybridized carbons (Fsp3) is 0.250. The van der Waals surface area contributed by atoms with Gasteiger partial charge in [-0.25, -0.2) is 0 Å². The maximum absolute atomic E-state index is 8.77. The average molecular weight is 208 g/mol. The second kappa shape index (κ2) is 5.38. The van der Waals surface area contributed by atoms with E-state index in [-0.39, 0.29) is 19.0 Å². The molecule has 2 nitrogen and oxygen atoms in total. The van der Waals surface area contributed by atoms with Crippen LogP contribution in [0.2, 0.25) is 5.02 Å². The van der Waals surface area contributed by atoms with E-state index in [2.05, 4.69) is 0 Å². The number of hydrogen-bond donors (Lipinski definition) is 2. The van der Waals surface area contributed by atoms with E-state index in [1.54, 1.807) is 12.1 Å². The Bertz CT molecular complexity index is 253. The highest BCUT2D eigenvalue weighted by molar-refractivity contribution is 6.31. The third-order valence-electron chi connectivity index (χ3n) is 1.52. The van der Waals surface area contributed by atoms with Crippen LogP contribution in [0.3, 0.4) is 0 Å². The minimum Gasteiger partial charge on any atom is -0.392 e. The van der Waals surface area contributed by atoms with Gasteiger partial charge < -0.3 is 10.8 Å². The van der Waals surface area contributed by atoms with Crippen molar-refractivity contribution < 1.29 is 5.11 Å². The summed E-state index contributed by atoms with van der Waals surface area (Å²) < 4.78 is 0. The highest BCUT2D eigenvalue weighted by Gasteiger charge is 1.98. The molecule has 1 rings (SSSR count). The van der Waals surface area contributed by atoms with Crippen LogP contribution >= 0.6 is 24.0 Å².